The Labute approximate surface area is 336 Å². The topological polar surface area (TPSA) is 183 Å². The van der Waals surface area contributed by atoms with Gasteiger partial charge >= 0.3 is 5.97 Å². The zero-order valence-corrected chi connectivity index (χ0v) is 34.0. The van der Waals surface area contributed by atoms with E-state index in [1.807, 2.05) is 35.8 Å². The third-order valence-corrected chi connectivity index (χ3v) is 9.81. The standard InChI is InChI=1S/C38H54ClN5O11S/c1-27-28(2)56-38-35(27)36(30-4-6-31(39)7-5-30)41-32(37-43-42-29(3)44(37)38)26-33(45)40-9-11-49-13-15-51-17-19-53-21-23-55-25-24-54-22-20-52-18-16-50-14-12-48-10-8-34(46)47/h4-7,32H,8-26H2,1-3H3,(H,40,45)(H,46,47)/t32-/m0/s1. The van der Waals surface area contributed by atoms with E-state index >= 15 is 0 Å². The van der Waals surface area contributed by atoms with Crippen molar-refractivity contribution >= 4 is 40.5 Å². The fourth-order valence-corrected chi connectivity index (χ4v) is 6.78. The van der Waals surface area contributed by atoms with Gasteiger partial charge in [0.2, 0.25) is 5.91 Å². The normalized spacial score (nSPS) is 13.6. The van der Waals surface area contributed by atoms with Crippen LogP contribution < -0.4 is 5.32 Å². The summed E-state index contributed by atoms with van der Waals surface area (Å²) in [5.74, 6) is 0.336. The summed E-state index contributed by atoms with van der Waals surface area (Å²) in [5.41, 5.74) is 3.88. The minimum Gasteiger partial charge on any atom is -0.481 e. The van der Waals surface area contributed by atoms with Gasteiger partial charge in [-0.15, -0.1) is 21.5 Å². The van der Waals surface area contributed by atoms with Crippen molar-refractivity contribution in [2.75, 3.05) is 112 Å². The van der Waals surface area contributed by atoms with E-state index in [0.29, 0.717) is 116 Å². The fraction of sp³-hybridized carbons (Fsp3) is 0.605. The number of aliphatic carboxylic acids is 1. The number of carboxylic acids is 1. The lowest BCUT2D eigenvalue weighted by molar-refractivity contribution is -0.138. The van der Waals surface area contributed by atoms with Gasteiger partial charge in [-0.2, -0.15) is 0 Å². The molecular formula is C38H54ClN5O11S. The lowest BCUT2D eigenvalue weighted by Gasteiger charge is -2.13. The van der Waals surface area contributed by atoms with Gasteiger partial charge in [-0.1, -0.05) is 23.7 Å². The maximum Gasteiger partial charge on any atom is 0.305 e. The first kappa shape index (κ1) is 45.3. The van der Waals surface area contributed by atoms with Crippen LogP contribution in [0.1, 0.15) is 52.1 Å². The number of aliphatic imine (C=N–C) groups is 1. The summed E-state index contributed by atoms with van der Waals surface area (Å²) in [6.07, 6.45) is 0.0963. The molecule has 1 aliphatic rings. The SMILES string of the molecule is Cc1sc2c(c1C)C(c1ccc(Cl)cc1)=N[C@@H](CC(=O)NCCOCCOCCOCCOCCOCCOCCOCCOCCC(=O)O)c1nnc(C)n1-2. The van der Waals surface area contributed by atoms with E-state index in [-0.39, 0.29) is 25.4 Å². The number of halogens is 1. The van der Waals surface area contributed by atoms with Crippen LogP contribution in [0.25, 0.3) is 5.00 Å². The molecule has 310 valence electrons. The number of hydrogen-bond acceptors (Lipinski definition) is 14. The van der Waals surface area contributed by atoms with E-state index in [9.17, 15) is 9.59 Å². The molecule has 2 aromatic heterocycles. The monoisotopic (exact) mass is 823 g/mol. The summed E-state index contributed by atoms with van der Waals surface area (Å²) in [6.45, 7) is 13.0. The van der Waals surface area contributed by atoms with Crippen LogP contribution in [0.15, 0.2) is 29.3 Å². The highest BCUT2D eigenvalue weighted by atomic mass is 35.5. The lowest BCUT2D eigenvalue weighted by atomic mass is 9.99. The number of nitrogens with one attached hydrogen (secondary N) is 1. The molecule has 1 aromatic carbocycles. The molecule has 0 saturated heterocycles. The smallest absolute Gasteiger partial charge is 0.305 e. The number of amides is 1. The van der Waals surface area contributed by atoms with Crippen molar-refractivity contribution < 1.29 is 52.6 Å². The zero-order valence-electron chi connectivity index (χ0n) is 32.4. The number of aromatic nitrogens is 3. The third-order valence-electron chi connectivity index (χ3n) is 8.37. The Balaban J connectivity index is 0.983. The number of benzene rings is 1. The van der Waals surface area contributed by atoms with Crippen molar-refractivity contribution in [2.24, 2.45) is 4.99 Å². The molecule has 18 heteroatoms. The van der Waals surface area contributed by atoms with Gasteiger partial charge in [0, 0.05) is 27.6 Å². The molecule has 0 spiro atoms. The Morgan fingerprint density at radius 2 is 1.21 bits per heavy atom. The zero-order chi connectivity index (χ0) is 40.0. The highest BCUT2D eigenvalue weighted by Crippen LogP contribution is 2.39. The number of rotatable bonds is 30. The van der Waals surface area contributed by atoms with Crippen LogP contribution >= 0.6 is 22.9 Å². The van der Waals surface area contributed by atoms with E-state index in [0.717, 1.165) is 33.2 Å². The van der Waals surface area contributed by atoms with Crippen LogP contribution in [0.3, 0.4) is 0 Å². The van der Waals surface area contributed by atoms with Gasteiger partial charge in [0.1, 0.15) is 16.9 Å². The minimum atomic E-state index is -0.881. The first-order valence-corrected chi connectivity index (χ1v) is 19.9. The van der Waals surface area contributed by atoms with Gasteiger partial charge in [-0.05, 0) is 38.5 Å². The predicted molar refractivity (Wildman–Crippen MR) is 210 cm³/mol. The van der Waals surface area contributed by atoms with Crippen molar-refractivity contribution in [1.29, 1.82) is 0 Å². The molecule has 0 fully saturated rings. The molecule has 2 N–H and O–H groups in total. The van der Waals surface area contributed by atoms with E-state index in [1.165, 1.54) is 4.88 Å². The van der Waals surface area contributed by atoms with Crippen molar-refractivity contribution in [3.63, 3.8) is 0 Å². The number of fused-ring (bicyclic) bond motifs is 3. The Bertz CT molecular complexity index is 1650. The number of aryl methyl sites for hydroxylation is 2. The summed E-state index contributed by atoms with van der Waals surface area (Å²) >= 11 is 7.87. The average molecular weight is 824 g/mol. The molecule has 1 amide bonds. The molecule has 0 saturated carbocycles. The first-order valence-electron chi connectivity index (χ1n) is 18.7. The maximum atomic E-state index is 13.1. The molecule has 16 nitrogen and oxygen atoms in total. The molecule has 0 aliphatic carbocycles. The molecule has 0 unspecified atom stereocenters. The van der Waals surface area contributed by atoms with Crippen LogP contribution in [0, 0.1) is 20.8 Å². The van der Waals surface area contributed by atoms with Gasteiger partial charge in [0.15, 0.2) is 5.82 Å². The molecular weight excluding hydrogens is 770 g/mol. The summed E-state index contributed by atoms with van der Waals surface area (Å²) < 4.78 is 45.6. The summed E-state index contributed by atoms with van der Waals surface area (Å²) in [6, 6.07) is 7.07. The summed E-state index contributed by atoms with van der Waals surface area (Å²) in [7, 11) is 0. The van der Waals surface area contributed by atoms with E-state index in [2.05, 4.69) is 29.4 Å². The maximum absolute atomic E-state index is 13.1. The molecule has 0 radical (unpaired) electrons. The molecule has 3 aromatic rings. The molecule has 56 heavy (non-hydrogen) atoms. The van der Waals surface area contributed by atoms with Crippen LogP contribution in [-0.4, -0.2) is 150 Å². The second-order valence-corrected chi connectivity index (χ2v) is 14.1. The van der Waals surface area contributed by atoms with Gasteiger partial charge in [0.25, 0.3) is 0 Å². The predicted octanol–water partition coefficient (Wildman–Crippen LogP) is 3.91. The highest BCUT2D eigenvalue weighted by Gasteiger charge is 2.32. The van der Waals surface area contributed by atoms with Crippen molar-refractivity contribution in [3.8, 4) is 5.00 Å². The number of carboxylic acid groups (broad SMARTS) is 1. The van der Waals surface area contributed by atoms with Crippen LogP contribution in [0.4, 0.5) is 0 Å². The molecule has 0 bridgehead atoms. The average Bonchev–Trinajstić information content (AvgIpc) is 3.66. The van der Waals surface area contributed by atoms with Gasteiger partial charge in [-0.25, -0.2) is 0 Å². The third kappa shape index (κ3) is 15.5. The molecule has 1 atom stereocenters. The molecule has 3 heterocycles. The minimum absolute atomic E-state index is 0.0115. The van der Waals surface area contributed by atoms with Crippen molar-refractivity contribution in [3.05, 3.63) is 62.5 Å². The van der Waals surface area contributed by atoms with Crippen LogP contribution in [0.5, 0.6) is 0 Å². The van der Waals surface area contributed by atoms with Crippen molar-refractivity contribution in [2.45, 2.75) is 39.7 Å². The molecule has 1 aliphatic heterocycles. The van der Waals surface area contributed by atoms with E-state index in [1.54, 1.807) is 11.3 Å². The van der Waals surface area contributed by atoms with Crippen molar-refractivity contribution in [1.82, 2.24) is 20.1 Å². The summed E-state index contributed by atoms with van der Waals surface area (Å²) in [5, 5.41) is 21.9. The van der Waals surface area contributed by atoms with Gasteiger partial charge in [0.05, 0.1) is 124 Å². The number of carbonyl (C=O) groups is 2. The number of nitrogens with zero attached hydrogens (tertiary/aromatic N) is 4. The first-order chi connectivity index (χ1) is 27.3. The Morgan fingerprint density at radius 1 is 0.732 bits per heavy atom. The summed E-state index contributed by atoms with van der Waals surface area (Å²) in [4.78, 5) is 29.8. The van der Waals surface area contributed by atoms with Crippen LogP contribution in [0.2, 0.25) is 5.02 Å². The number of thiophene rings is 1. The molecule has 4 rings (SSSR count). The van der Waals surface area contributed by atoms with E-state index in [4.69, 9.17) is 59.6 Å². The Kier molecular flexibility index (Phi) is 20.9. The van der Waals surface area contributed by atoms with Gasteiger partial charge in [-0.3, -0.25) is 19.1 Å². The highest BCUT2D eigenvalue weighted by molar-refractivity contribution is 7.15. The quantitative estimate of drug-likeness (QED) is 0.0925. The van der Waals surface area contributed by atoms with Gasteiger partial charge < -0.3 is 48.3 Å². The van der Waals surface area contributed by atoms with Crippen LogP contribution in [-0.2, 0) is 47.5 Å². The number of hydrogen-bond donors (Lipinski definition) is 2. The number of carbonyl (C=O) groups excluding carboxylic acids is 1. The fourth-order valence-electron chi connectivity index (χ4n) is 5.44. The second kappa shape index (κ2) is 25.8. The Morgan fingerprint density at radius 3 is 1.71 bits per heavy atom. The largest absolute Gasteiger partial charge is 0.481 e. The lowest BCUT2D eigenvalue weighted by Crippen LogP contribution is -2.29. The second-order valence-electron chi connectivity index (χ2n) is 12.5. The number of ether oxygens (including phenoxy) is 8. The van der Waals surface area contributed by atoms with E-state index < -0.39 is 12.0 Å². The Hall–Kier alpha value is -3.36.